The lowest BCUT2D eigenvalue weighted by Crippen LogP contribution is -2.35. The Balaban J connectivity index is 2.26. The molecule has 0 radical (unpaired) electrons. The van der Waals surface area contributed by atoms with Crippen molar-refractivity contribution >= 4 is 22.8 Å². The fourth-order valence-electron chi connectivity index (χ4n) is 2.63. The van der Waals surface area contributed by atoms with Crippen LogP contribution >= 0.6 is 0 Å². The molecule has 1 fully saturated rings. The van der Waals surface area contributed by atoms with Crippen LogP contribution < -0.4 is 15.9 Å². The number of anilines is 3. The highest BCUT2D eigenvalue weighted by Crippen LogP contribution is 2.33. The highest BCUT2D eigenvalue weighted by Gasteiger charge is 2.32. The van der Waals surface area contributed by atoms with Gasteiger partial charge in [-0.1, -0.05) is 13.3 Å². The third kappa shape index (κ3) is 4.09. The summed E-state index contributed by atoms with van der Waals surface area (Å²) in [4.78, 5) is 0. The minimum absolute atomic E-state index is 0.0191. The van der Waals surface area contributed by atoms with E-state index < -0.39 is 10.6 Å². The normalized spacial score (nSPS) is 23.0. The second-order valence-corrected chi connectivity index (χ2v) is 5.88. The van der Waals surface area contributed by atoms with Crippen molar-refractivity contribution in [2.45, 2.75) is 32.6 Å². The fourth-order valence-corrected chi connectivity index (χ4v) is 2.63. The second-order valence-electron chi connectivity index (χ2n) is 5.88. The second kappa shape index (κ2) is 7.11. The van der Waals surface area contributed by atoms with Gasteiger partial charge in [0.25, 0.3) is 0 Å². The Hall–Kier alpha value is -1.91. The average molecular weight is 324 g/mol. The zero-order valence-electron chi connectivity index (χ0n) is 12.8. The van der Waals surface area contributed by atoms with Crippen molar-refractivity contribution < 1.29 is 15.5 Å². The Morgan fingerprint density at radius 1 is 1.22 bits per heavy atom. The molecular formula is C14H20N4O5-2. The molecule has 9 nitrogen and oxygen atoms in total. The molecule has 0 aliphatic heterocycles. The number of hydrogen-bond acceptors (Lipinski definition) is 9. The lowest BCUT2D eigenvalue weighted by atomic mass is 9.75. The number of benzene rings is 1. The molecule has 0 saturated heterocycles. The largest absolute Gasteiger partial charge is 0.769 e. The van der Waals surface area contributed by atoms with Gasteiger partial charge in [0.1, 0.15) is 0 Å². The van der Waals surface area contributed by atoms with E-state index in [1.165, 1.54) is 12.1 Å². The van der Waals surface area contributed by atoms with Gasteiger partial charge in [-0.15, -0.1) is 5.23 Å². The first-order valence-corrected chi connectivity index (χ1v) is 7.27. The van der Waals surface area contributed by atoms with Gasteiger partial charge >= 0.3 is 0 Å². The van der Waals surface area contributed by atoms with Gasteiger partial charge in [0.2, 0.25) is 0 Å². The van der Waals surface area contributed by atoms with E-state index in [-0.39, 0.29) is 28.9 Å². The highest BCUT2D eigenvalue weighted by atomic mass is 16.8. The van der Waals surface area contributed by atoms with Crippen LogP contribution in [0.1, 0.15) is 32.6 Å². The van der Waals surface area contributed by atoms with Gasteiger partial charge in [-0.25, -0.2) is 0 Å². The number of rotatable bonds is 5. The van der Waals surface area contributed by atoms with Crippen LogP contribution in [0.5, 0.6) is 0 Å². The SMILES string of the molecule is CC1(CO)CCCC/C1=N\Nc1cc(N([O-])[O-])cc(N(O)O)c1. The van der Waals surface area contributed by atoms with Gasteiger partial charge in [-0.3, -0.25) is 15.8 Å². The molecule has 1 aliphatic carbocycles. The minimum Gasteiger partial charge on any atom is -0.769 e. The summed E-state index contributed by atoms with van der Waals surface area (Å²) in [7, 11) is 0. The van der Waals surface area contributed by atoms with Crippen molar-refractivity contribution in [3.8, 4) is 0 Å². The Kier molecular flexibility index (Phi) is 5.39. The summed E-state index contributed by atoms with van der Waals surface area (Å²) in [5.41, 5.74) is 2.90. The molecule has 0 amide bonds. The molecule has 0 aromatic heterocycles. The number of hydrazone groups is 1. The van der Waals surface area contributed by atoms with E-state index in [0.29, 0.717) is 0 Å². The number of nitrogens with one attached hydrogen (secondary N) is 1. The van der Waals surface area contributed by atoms with Crippen LogP contribution in [0.25, 0.3) is 0 Å². The maximum Gasteiger partial charge on any atom is 0.0984 e. The number of aliphatic hydroxyl groups is 1. The summed E-state index contributed by atoms with van der Waals surface area (Å²) in [5.74, 6) is 0. The molecule has 128 valence electrons. The summed E-state index contributed by atoms with van der Waals surface area (Å²) >= 11 is 0. The summed E-state index contributed by atoms with van der Waals surface area (Å²) in [6, 6.07) is 3.59. The quantitative estimate of drug-likeness (QED) is 0.606. The van der Waals surface area contributed by atoms with Gasteiger partial charge in [-0.2, -0.15) is 5.10 Å². The maximum absolute atomic E-state index is 10.9. The molecule has 1 saturated carbocycles. The van der Waals surface area contributed by atoms with Crippen molar-refractivity contribution in [2.75, 3.05) is 22.5 Å². The van der Waals surface area contributed by atoms with E-state index in [0.717, 1.165) is 37.5 Å². The smallest absolute Gasteiger partial charge is 0.0984 e. The summed E-state index contributed by atoms with van der Waals surface area (Å²) < 4.78 is 0. The van der Waals surface area contributed by atoms with Crippen LogP contribution in [-0.2, 0) is 0 Å². The first-order valence-electron chi connectivity index (χ1n) is 7.27. The van der Waals surface area contributed by atoms with Crippen LogP contribution in [0, 0.1) is 15.8 Å². The fraction of sp³-hybridized carbons (Fsp3) is 0.500. The molecule has 4 N–H and O–H groups in total. The summed E-state index contributed by atoms with van der Waals surface area (Å²) in [5, 5.41) is 53.0. The Bertz CT molecular complexity index is 552. The van der Waals surface area contributed by atoms with Crippen LogP contribution in [0.3, 0.4) is 0 Å². The molecule has 1 unspecified atom stereocenters. The van der Waals surface area contributed by atoms with E-state index in [1.54, 1.807) is 0 Å². The van der Waals surface area contributed by atoms with Gasteiger partial charge < -0.3 is 20.7 Å². The molecule has 1 aromatic rings. The van der Waals surface area contributed by atoms with Crippen LogP contribution in [-0.4, -0.2) is 27.8 Å². The van der Waals surface area contributed by atoms with E-state index in [1.807, 2.05) is 6.92 Å². The number of nitrogens with zero attached hydrogens (tertiary/aromatic N) is 3. The molecule has 0 spiro atoms. The first-order chi connectivity index (χ1) is 10.9. The molecule has 1 atom stereocenters. The lowest BCUT2D eigenvalue weighted by molar-refractivity contribution is 0.0292. The molecule has 23 heavy (non-hydrogen) atoms. The van der Waals surface area contributed by atoms with Crippen molar-refractivity contribution in [3.05, 3.63) is 28.6 Å². The number of aliphatic hydroxyl groups excluding tert-OH is 1. The van der Waals surface area contributed by atoms with Gasteiger partial charge in [0.05, 0.1) is 18.0 Å². The highest BCUT2D eigenvalue weighted by molar-refractivity contribution is 5.91. The third-order valence-electron chi connectivity index (χ3n) is 4.10. The van der Waals surface area contributed by atoms with Crippen molar-refractivity contribution in [2.24, 2.45) is 10.5 Å². The Morgan fingerprint density at radius 2 is 1.91 bits per heavy atom. The average Bonchev–Trinajstić information content (AvgIpc) is 2.53. The molecule has 1 aromatic carbocycles. The molecular weight excluding hydrogens is 304 g/mol. The standard InChI is InChI=1S/C14H20N4O5/c1-14(9-19)5-3-2-4-13(14)16-15-10-6-11(17(20)21)8-12(7-10)18(22)23/h6-8,15,19-21H,2-5,9H2,1H3/q-2/b16-13+. The van der Waals surface area contributed by atoms with Gasteiger partial charge in [0, 0.05) is 16.8 Å². The first kappa shape index (κ1) is 17.4. The molecule has 1 aliphatic rings. The molecule has 0 bridgehead atoms. The van der Waals surface area contributed by atoms with Gasteiger partial charge in [-0.05, 0) is 37.5 Å². The van der Waals surface area contributed by atoms with Crippen LogP contribution in [0.4, 0.5) is 17.1 Å². The van der Waals surface area contributed by atoms with Crippen LogP contribution in [0.15, 0.2) is 23.3 Å². The topological polar surface area (TPSA) is 138 Å². The predicted octanol–water partition coefficient (Wildman–Crippen LogP) is 2.41. The number of hydrogen-bond donors (Lipinski definition) is 4. The lowest BCUT2D eigenvalue weighted by Gasteiger charge is -2.38. The predicted molar refractivity (Wildman–Crippen MR) is 86.4 cm³/mol. The van der Waals surface area contributed by atoms with E-state index in [9.17, 15) is 15.5 Å². The molecule has 0 heterocycles. The molecule has 2 rings (SSSR count). The molecule has 9 heteroatoms. The van der Waals surface area contributed by atoms with Crippen molar-refractivity contribution in [1.29, 1.82) is 0 Å². The Morgan fingerprint density at radius 3 is 2.52 bits per heavy atom. The maximum atomic E-state index is 10.9. The Labute approximate surface area is 133 Å². The minimum atomic E-state index is -0.635. The van der Waals surface area contributed by atoms with Crippen molar-refractivity contribution in [1.82, 2.24) is 0 Å². The van der Waals surface area contributed by atoms with E-state index in [2.05, 4.69) is 10.5 Å². The third-order valence-corrected chi connectivity index (χ3v) is 4.10. The zero-order valence-corrected chi connectivity index (χ0v) is 12.8. The van der Waals surface area contributed by atoms with Gasteiger partial charge in [0.15, 0.2) is 0 Å². The van der Waals surface area contributed by atoms with E-state index in [4.69, 9.17) is 10.4 Å². The van der Waals surface area contributed by atoms with Crippen molar-refractivity contribution in [3.63, 3.8) is 0 Å². The summed E-state index contributed by atoms with van der Waals surface area (Å²) in [6.07, 6.45) is 3.54. The van der Waals surface area contributed by atoms with Crippen LogP contribution in [0.2, 0.25) is 0 Å². The summed E-state index contributed by atoms with van der Waals surface area (Å²) in [6.45, 7) is 1.91. The monoisotopic (exact) mass is 324 g/mol. The van der Waals surface area contributed by atoms with E-state index >= 15 is 0 Å². The zero-order chi connectivity index (χ0) is 17.0.